The minimum atomic E-state index is 0.134. The molecule has 0 saturated carbocycles. The fourth-order valence-corrected chi connectivity index (χ4v) is 4.13. The molecule has 23 heavy (non-hydrogen) atoms. The average Bonchev–Trinajstić information content (AvgIpc) is 3.23. The molecule has 5 nitrogen and oxygen atoms in total. The number of nitrogens with zero attached hydrogens (tertiary/aromatic N) is 4. The van der Waals surface area contributed by atoms with E-state index >= 15 is 0 Å². The molecule has 1 aliphatic heterocycles. The van der Waals surface area contributed by atoms with Crippen LogP contribution in [0.4, 0.5) is 5.82 Å². The fourth-order valence-electron chi connectivity index (χ4n) is 3.40. The second-order valence-electron chi connectivity index (χ2n) is 6.07. The predicted molar refractivity (Wildman–Crippen MR) is 93.7 cm³/mol. The smallest absolute Gasteiger partial charge is 0.268 e. The second kappa shape index (κ2) is 5.71. The van der Waals surface area contributed by atoms with Crippen molar-refractivity contribution in [2.24, 2.45) is 0 Å². The molecule has 1 fully saturated rings. The molecule has 1 aliphatic rings. The van der Waals surface area contributed by atoms with Gasteiger partial charge in [0.15, 0.2) is 5.65 Å². The maximum absolute atomic E-state index is 9.21. The molecule has 0 radical (unpaired) electrons. The van der Waals surface area contributed by atoms with Crippen LogP contribution >= 0.6 is 11.3 Å². The minimum Gasteiger partial charge on any atom is -0.384 e. The van der Waals surface area contributed by atoms with Gasteiger partial charge in [0.1, 0.15) is 5.82 Å². The van der Waals surface area contributed by atoms with Crippen LogP contribution in [-0.2, 0) is 0 Å². The van der Waals surface area contributed by atoms with Gasteiger partial charge in [-0.15, -0.1) is 11.3 Å². The number of hydrogen-bond acceptors (Lipinski definition) is 5. The number of nitriles is 1. The predicted octanol–water partition coefficient (Wildman–Crippen LogP) is 3.47. The van der Waals surface area contributed by atoms with Gasteiger partial charge >= 0.3 is 0 Å². The summed E-state index contributed by atoms with van der Waals surface area (Å²) in [6.07, 6.45) is 5.85. The third kappa shape index (κ3) is 2.49. The van der Waals surface area contributed by atoms with E-state index in [2.05, 4.69) is 17.1 Å². The van der Waals surface area contributed by atoms with Gasteiger partial charge in [0.05, 0.1) is 11.8 Å². The molecule has 0 bridgehead atoms. The highest BCUT2D eigenvalue weighted by Gasteiger charge is 2.28. The molecule has 1 saturated heterocycles. The molecule has 4 rings (SSSR count). The third-order valence-corrected chi connectivity index (χ3v) is 5.48. The third-order valence-electron chi connectivity index (χ3n) is 4.58. The normalized spacial score (nSPS) is 18.2. The van der Waals surface area contributed by atoms with Crippen molar-refractivity contribution in [3.63, 3.8) is 0 Å². The molecule has 4 heterocycles. The molecule has 1 atom stereocenters. The number of hydrogen-bond donors (Lipinski definition) is 1. The Kier molecular flexibility index (Phi) is 3.54. The highest BCUT2D eigenvalue weighted by Crippen LogP contribution is 2.35. The number of nitrogens with two attached hydrogens (primary N) is 1. The van der Waals surface area contributed by atoms with Gasteiger partial charge < -0.3 is 5.73 Å². The van der Waals surface area contributed by atoms with Gasteiger partial charge in [-0.05, 0) is 23.8 Å². The second-order valence-corrected chi connectivity index (χ2v) is 7.01. The molecule has 114 valence electrons. The summed E-state index contributed by atoms with van der Waals surface area (Å²) in [5, 5.41) is 15.6. The zero-order chi connectivity index (χ0) is 15.8. The van der Waals surface area contributed by atoms with Crippen LogP contribution in [0.25, 0.3) is 16.1 Å². The van der Waals surface area contributed by atoms with Crippen molar-refractivity contribution in [1.82, 2.24) is 14.6 Å². The number of anilines is 1. The number of thiophene rings is 1. The van der Waals surface area contributed by atoms with Crippen LogP contribution in [0.15, 0.2) is 29.8 Å². The maximum atomic E-state index is 9.21. The summed E-state index contributed by atoms with van der Waals surface area (Å²) in [6, 6.07) is 6.01. The van der Waals surface area contributed by atoms with Crippen LogP contribution in [0.1, 0.15) is 24.5 Å². The first-order chi connectivity index (χ1) is 11.3. The Bertz CT molecular complexity index is 880. The van der Waals surface area contributed by atoms with Crippen molar-refractivity contribution in [2.45, 2.75) is 31.4 Å². The van der Waals surface area contributed by atoms with Crippen LogP contribution in [0.2, 0.25) is 12.6 Å². The summed E-state index contributed by atoms with van der Waals surface area (Å²) in [5.74, 6) is 3.32. The van der Waals surface area contributed by atoms with E-state index < -0.39 is 0 Å². The van der Waals surface area contributed by atoms with Crippen molar-refractivity contribution >= 4 is 29.5 Å². The zero-order valence-corrected chi connectivity index (χ0v) is 13.5. The highest BCUT2D eigenvalue weighted by molar-refractivity contribution is 7.13. The molecule has 0 spiro atoms. The number of nitrogen functional groups attached to an aromatic ring is 1. The Balaban J connectivity index is 1.80. The number of rotatable bonds is 2. The van der Waals surface area contributed by atoms with Gasteiger partial charge in [-0.3, -0.25) is 0 Å². The SMILES string of the molecule is N#CB1CCCC(c2cc(N)n3ncc(-c4cccs4)c3n2)C1. The first-order valence-electron chi connectivity index (χ1n) is 7.84. The highest BCUT2D eigenvalue weighted by atomic mass is 32.1. The van der Waals surface area contributed by atoms with Crippen LogP contribution in [0, 0.1) is 11.2 Å². The van der Waals surface area contributed by atoms with Crippen LogP contribution in [-0.4, -0.2) is 21.3 Å². The Morgan fingerprint density at radius 1 is 1.48 bits per heavy atom. The van der Waals surface area contributed by atoms with E-state index in [1.165, 1.54) is 0 Å². The minimum absolute atomic E-state index is 0.134. The largest absolute Gasteiger partial charge is 0.384 e. The summed E-state index contributed by atoms with van der Waals surface area (Å²) in [5.41, 5.74) is 9.01. The van der Waals surface area contributed by atoms with E-state index in [-0.39, 0.29) is 6.71 Å². The first kappa shape index (κ1) is 14.3. The number of aromatic nitrogens is 3. The lowest BCUT2D eigenvalue weighted by atomic mass is 9.41. The quantitative estimate of drug-likeness (QED) is 0.733. The lowest BCUT2D eigenvalue weighted by molar-refractivity contribution is 0.614. The average molecular weight is 321 g/mol. The van der Waals surface area contributed by atoms with E-state index in [1.807, 2.05) is 23.7 Å². The van der Waals surface area contributed by atoms with E-state index in [0.717, 1.165) is 47.3 Å². The lowest BCUT2D eigenvalue weighted by Gasteiger charge is -2.23. The Labute approximate surface area is 138 Å². The van der Waals surface area contributed by atoms with E-state index in [9.17, 15) is 5.26 Å². The zero-order valence-electron chi connectivity index (χ0n) is 12.6. The molecular formula is C16H16BN5S. The van der Waals surface area contributed by atoms with Gasteiger partial charge in [-0.1, -0.05) is 25.1 Å². The lowest BCUT2D eigenvalue weighted by Crippen LogP contribution is -2.21. The maximum Gasteiger partial charge on any atom is 0.268 e. The van der Waals surface area contributed by atoms with Gasteiger partial charge in [0.25, 0.3) is 6.71 Å². The standard InChI is InChI=1S/C16H16BN5S/c18-10-17-5-1-3-11(8-17)13-7-15(19)22-16(21-13)12(9-20-22)14-4-2-6-23-14/h2,4,6-7,9,11H,1,3,5,8,19H2. The topological polar surface area (TPSA) is 80.0 Å². The molecular weight excluding hydrogens is 305 g/mol. The van der Waals surface area contributed by atoms with Crippen molar-refractivity contribution in [2.75, 3.05) is 5.73 Å². The molecule has 3 aromatic rings. The molecule has 0 aliphatic carbocycles. The van der Waals surface area contributed by atoms with E-state index in [0.29, 0.717) is 11.7 Å². The van der Waals surface area contributed by atoms with Crippen molar-refractivity contribution < 1.29 is 0 Å². The summed E-state index contributed by atoms with van der Waals surface area (Å²) in [7, 11) is 0. The van der Waals surface area contributed by atoms with Crippen molar-refractivity contribution in [3.05, 3.63) is 35.5 Å². The fraction of sp³-hybridized carbons (Fsp3) is 0.312. The molecule has 0 aromatic carbocycles. The van der Waals surface area contributed by atoms with Gasteiger partial charge in [-0.25, -0.2) is 10.2 Å². The first-order valence-corrected chi connectivity index (χ1v) is 8.72. The van der Waals surface area contributed by atoms with Gasteiger partial charge in [0.2, 0.25) is 0 Å². The molecule has 0 amide bonds. The van der Waals surface area contributed by atoms with E-state index in [4.69, 9.17) is 10.7 Å². The Morgan fingerprint density at radius 3 is 3.17 bits per heavy atom. The van der Waals surface area contributed by atoms with Crippen molar-refractivity contribution in [1.29, 1.82) is 5.26 Å². The molecule has 7 heteroatoms. The molecule has 1 unspecified atom stereocenters. The van der Waals surface area contributed by atoms with Crippen LogP contribution < -0.4 is 5.73 Å². The monoisotopic (exact) mass is 321 g/mol. The van der Waals surface area contributed by atoms with E-state index in [1.54, 1.807) is 15.9 Å². The Hall–Kier alpha value is -2.33. The van der Waals surface area contributed by atoms with Gasteiger partial charge in [0, 0.05) is 22.6 Å². The summed E-state index contributed by atoms with van der Waals surface area (Å²) < 4.78 is 1.70. The van der Waals surface area contributed by atoms with Crippen LogP contribution in [0.5, 0.6) is 0 Å². The van der Waals surface area contributed by atoms with Crippen LogP contribution in [0.3, 0.4) is 0 Å². The Morgan fingerprint density at radius 2 is 2.39 bits per heavy atom. The summed E-state index contributed by atoms with van der Waals surface area (Å²) in [4.78, 5) is 6.00. The number of fused-ring (bicyclic) bond motifs is 1. The van der Waals surface area contributed by atoms with Gasteiger partial charge in [-0.2, -0.15) is 9.61 Å². The summed E-state index contributed by atoms with van der Waals surface area (Å²) in [6.45, 7) is 0.134. The summed E-state index contributed by atoms with van der Waals surface area (Å²) >= 11 is 1.67. The van der Waals surface area contributed by atoms with Crippen molar-refractivity contribution in [3.8, 4) is 16.4 Å². The molecule has 3 aromatic heterocycles. The molecule has 2 N–H and O–H groups in total.